The van der Waals surface area contributed by atoms with E-state index in [0.717, 1.165) is 18.6 Å². The minimum absolute atomic E-state index is 0.230. The molecule has 0 amide bonds. The van der Waals surface area contributed by atoms with Gasteiger partial charge >= 0.3 is 6.36 Å². The summed E-state index contributed by atoms with van der Waals surface area (Å²) < 4.78 is 40.7. The second-order valence-electron chi connectivity index (χ2n) is 5.85. The molecule has 0 saturated carbocycles. The van der Waals surface area contributed by atoms with E-state index < -0.39 is 6.36 Å². The summed E-state index contributed by atoms with van der Waals surface area (Å²) in [6.07, 6.45) is -0.138. The largest absolute Gasteiger partial charge is 0.573 e. The fraction of sp³-hybridized carbons (Fsp3) is 0.250. The monoisotopic (exact) mass is 389 g/mol. The molecule has 0 aliphatic heterocycles. The van der Waals surface area contributed by atoms with Gasteiger partial charge in [-0.15, -0.1) is 13.2 Å². The number of nitrogens with one attached hydrogen (secondary N) is 1. The van der Waals surface area contributed by atoms with Crippen LogP contribution in [0.25, 0.3) is 5.57 Å². The number of carbonyl (C=O) groups is 1. The molecule has 1 N–H and O–H groups in total. The zero-order chi connectivity index (χ0) is 20.7. The molecule has 0 unspecified atom stereocenters. The standard InChI is InChI=1S/C20H18F3N3O2/c1-3-4-5-14(12-24)18-17(13(2)27)10-11-25-19(18)26-15-6-8-16(9-7-15)28-20(21,22)23/h5-11H,3-4H2,1-2H3,(H,25,26)/b14-5-. The maximum atomic E-state index is 12.3. The van der Waals surface area contributed by atoms with Gasteiger partial charge < -0.3 is 10.1 Å². The molecule has 0 radical (unpaired) electrons. The Balaban J connectivity index is 2.42. The summed E-state index contributed by atoms with van der Waals surface area (Å²) in [5.41, 5.74) is 1.43. The molecule has 0 aliphatic rings. The van der Waals surface area contributed by atoms with E-state index in [1.54, 1.807) is 6.08 Å². The van der Waals surface area contributed by atoms with Crippen molar-refractivity contribution in [3.05, 3.63) is 53.7 Å². The van der Waals surface area contributed by atoms with Crippen LogP contribution >= 0.6 is 0 Å². The quantitative estimate of drug-likeness (QED) is 0.490. The van der Waals surface area contributed by atoms with E-state index in [1.807, 2.05) is 6.92 Å². The third kappa shape index (κ3) is 5.58. The van der Waals surface area contributed by atoms with Crippen LogP contribution < -0.4 is 10.1 Å². The van der Waals surface area contributed by atoms with Gasteiger partial charge in [0.15, 0.2) is 5.78 Å². The number of nitrogens with zero attached hydrogens (tertiary/aromatic N) is 2. The number of rotatable bonds is 7. The van der Waals surface area contributed by atoms with Gasteiger partial charge in [0.1, 0.15) is 11.6 Å². The first-order chi connectivity index (χ1) is 13.2. The smallest absolute Gasteiger partial charge is 0.406 e. The topological polar surface area (TPSA) is 75.0 Å². The van der Waals surface area contributed by atoms with Gasteiger partial charge in [0.05, 0.1) is 11.6 Å². The number of ether oxygens (including phenoxy) is 1. The van der Waals surface area contributed by atoms with E-state index in [4.69, 9.17) is 0 Å². The van der Waals surface area contributed by atoms with E-state index in [0.29, 0.717) is 28.8 Å². The number of ketones is 1. The van der Waals surface area contributed by atoms with Crippen LogP contribution in [-0.2, 0) is 0 Å². The number of unbranched alkanes of at least 4 members (excludes halogenated alkanes) is 1. The summed E-state index contributed by atoms with van der Waals surface area (Å²) in [5.74, 6) is -0.322. The summed E-state index contributed by atoms with van der Waals surface area (Å²) in [6.45, 7) is 3.35. The van der Waals surface area contributed by atoms with Crippen LogP contribution in [0.1, 0.15) is 42.6 Å². The minimum Gasteiger partial charge on any atom is -0.406 e. The first-order valence-electron chi connectivity index (χ1n) is 8.48. The molecule has 1 heterocycles. The Kier molecular flexibility index (Phi) is 6.77. The Morgan fingerprint density at radius 2 is 1.96 bits per heavy atom. The lowest BCUT2D eigenvalue weighted by atomic mass is 9.98. The number of aromatic nitrogens is 1. The zero-order valence-corrected chi connectivity index (χ0v) is 15.3. The highest BCUT2D eigenvalue weighted by molar-refractivity contribution is 6.03. The predicted molar refractivity (Wildman–Crippen MR) is 99.1 cm³/mol. The SMILES string of the molecule is CCC/C=C(/C#N)c1c(C(C)=O)ccnc1Nc1ccc(OC(F)(F)F)cc1. The highest BCUT2D eigenvalue weighted by atomic mass is 19.4. The Morgan fingerprint density at radius 3 is 2.50 bits per heavy atom. The van der Waals surface area contributed by atoms with Gasteiger partial charge in [-0.2, -0.15) is 5.26 Å². The number of nitriles is 1. The van der Waals surface area contributed by atoms with Crippen LogP contribution in [-0.4, -0.2) is 17.1 Å². The van der Waals surface area contributed by atoms with Gasteiger partial charge in [-0.25, -0.2) is 4.98 Å². The van der Waals surface area contributed by atoms with Crippen molar-refractivity contribution in [3.63, 3.8) is 0 Å². The molecule has 2 rings (SSSR count). The lowest BCUT2D eigenvalue weighted by Crippen LogP contribution is -2.17. The van der Waals surface area contributed by atoms with Gasteiger partial charge in [0.2, 0.25) is 0 Å². The van der Waals surface area contributed by atoms with Crippen LogP contribution in [0, 0.1) is 11.3 Å². The van der Waals surface area contributed by atoms with Crippen molar-refractivity contribution in [2.45, 2.75) is 33.1 Å². The molecule has 2 aromatic rings. The number of hydrogen-bond donors (Lipinski definition) is 1. The van der Waals surface area contributed by atoms with Crippen LogP contribution in [0.5, 0.6) is 5.75 Å². The van der Waals surface area contributed by atoms with Gasteiger partial charge in [0.25, 0.3) is 0 Å². The first kappa shape index (κ1) is 21.0. The molecular weight excluding hydrogens is 371 g/mol. The Hall–Kier alpha value is -3.34. The first-order valence-corrected chi connectivity index (χ1v) is 8.48. The zero-order valence-electron chi connectivity index (χ0n) is 15.3. The normalized spacial score (nSPS) is 11.6. The minimum atomic E-state index is -4.77. The predicted octanol–water partition coefficient (Wildman–Crippen LogP) is 5.63. The van der Waals surface area contributed by atoms with Crippen molar-refractivity contribution >= 4 is 22.9 Å². The molecule has 8 heteroatoms. The van der Waals surface area contributed by atoms with Crippen molar-refractivity contribution < 1.29 is 22.7 Å². The number of Topliss-reactive ketones (excluding diaryl/α,β-unsaturated/α-hetero) is 1. The van der Waals surface area contributed by atoms with Crippen molar-refractivity contribution in [2.24, 2.45) is 0 Å². The second kappa shape index (κ2) is 9.04. The molecule has 0 aliphatic carbocycles. The van der Waals surface area contributed by atoms with Gasteiger partial charge in [-0.1, -0.05) is 19.4 Å². The molecule has 1 aromatic carbocycles. The lowest BCUT2D eigenvalue weighted by Gasteiger charge is -2.14. The molecule has 0 bridgehead atoms. The van der Waals surface area contributed by atoms with Crippen molar-refractivity contribution in [1.29, 1.82) is 5.26 Å². The summed E-state index contributed by atoms with van der Waals surface area (Å²) in [7, 11) is 0. The second-order valence-corrected chi connectivity index (χ2v) is 5.85. The average Bonchev–Trinajstić information content (AvgIpc) is 2.63. The molecule has 1 aromatic heterocycles. The number of hydrogen-bond acceptors (Lipinski definition) is 5. The number of halogens is 3. The third-order valence-corrected chi connectivity index (χ3v) is 3.71. The number of anilines is 2. The summed E-state index contributed by atoms with van der Waals surface area (Å²) in [5, 5.41) is 12.5. The maximum absolute atomic E-state index is 12.3. The fourth-order valence-electron chi connectivity index (χ4n) is 2.49. The van der Waals surface area contributed by atoms with Crippen LogP contribution in [0.2, 0.25) is 0 Å². The van der Waals surface area contributed by atoms with E-state index in [-0.39, 0.29) is 17.4 Å². The van der Waals surface area contributed by atoms with Crippen molar-refractivity contribution in [1.82, 2.24) is 4.98 Å². The molecule has 0 fully saturated rings. The van der Waals surface area contributed by atoms with E-state index in [9.17, 15) is 23.2 Å². The van der Waals surface area contributed by atoms with E-state index in [1.165, 1.54) is 31.3 Å². The lowest BCUT2D eigenvalue weighted by molar-refractivity contribution is -0.274. The number of allylic oxidation sites excluding steroid dienone is 2. The number of alkyl halides is 3. The average molecular weight is 389 g/mol. The molecule has 0 saturated heterocycles. The van der Waals surface area contributed by atoms with Crippen molar-refractivity contribution in [3.8, 4) is 11.8 Å². The van der Waals surface area contributed by atoms with Crippen molar-refractivity contribution in [2.75, 3.05) is 5.32 Å². The van der Waals surface area contributed by atoms with Crippen LogP contribution in [0.4, 0.5) is 24.7 Å². The molecular formula is C20H18F3N3O2. The van der Waals surface area contributed by atoms with Crippen LogP contribution in [0.3, 0.4) is 0 Å². The summed E-state index contributed by atoms with van der Waals surface area (Å²) >= 11 is 0. The highest BCUT2D eigenvalue weighted by Gasteiger charge is 2.31. The highest BCUT2D eigenvalue weighted by Crippen LogP contribution is 2.30. The maximum Gasteiger partial charge on any atom is 0.573 e. The molecule has 28 heavy (non-hydrogen) atoms. The fourth-order valence-corrected chi connectivity index (χ4v) is 2.49. The number of carbonyl (C=O) groups excluding carboxylic acids is 1. The third-order valence-electron chi connectivity index (χ3n) is 3.71. The summed E-state index contributed by atoms with van der Waals surface area (Å²) in [6, 6.07) is 8.70. The Bertz CT molecular complexity index is 914. The number of pyridine rings is 1. The van der Waals surface area contributed by atoms with Gasteiger partial charge in [-0.05, 0) is 43.7 Å². The van der Waals surface area contributed by atoms with E-state index >= 15 is 0 Å². The van der Waals surface area contributed by atoms with E-state index in [2.05, 4.69) is 21.1 Å². The van der Waals surface area contributed by atoms with Gasteiger partial charge in [-0.3, -0.25) is 4.79 Å². The molecule has 5 nitrogen and oxygen atoms in total. The Morgan fingerprint density at radius 1 is 1.29 bits per heavy atom. The Labute approximate surface area is 160 Å². The van der Waals surface area contributed by atoms with Crippen LogP contribution in [0.15, 0.2) is 42.6 Å². The summed E-state index contributed by atoms with van der Waals surface area (Å²) in [4.78, 5) is 16.2. The number of benzene rings is 1. The molecule has 0 atom stereocenters. The molecule has 0 spiro atoms. The van der Waals surface area contributed by atoms with Gasteiger partial charge in [0, 0.05) is 23.0 Å². The molecule has 146 valence electrons.